The van der Waals surface area contributed by atoms with Crippen molar-refractivity contribution in [2.24, 2.45) is 0 Å². The summed E-state index contributed by atoms with van der Waals surface area (Å²) in [5, 5.41) is 3.16. The molecule has 2 amide bonds. The number of amides is 2. The third-order valence-electron chi connectivity index (χ3n) is 3.53. The molecule has 1 aliphatic heterocycles. The summed E-state index contributed by atoms with van der Waals surface area (Å²) >= 11 is 5.97. The Labute approximate surface area is 143 Å². The predicted octanol–water partition coefficient (Wildman–Crippen LogP) is 2.71. The van der Waals surface area contributed by atoms with Gasteiger partial charge in [-0.05, 0) is 24.3 Å². The molecule has 0 radical (unpaired) electrons. The molecule has 7 heteroatoms. The van der Waals surface area contributed by atoms with Crippen LogP contribution in [0.4, 0.5) is 11.4 Å². The van der Waals surface area contributed by atoms with Crippen LogP contribution in [0.5, 0.6) is 11.5 Å². The quantitative estimate of drug-likeness (QED) is 0.924. The first-order valence-electron chi connectivity index (χ1n) is 7.25. The highest BCUT2D eigenvalue weighted by atomic mass is 35.5. The molecule has 0 saturated carbocycles. The fraction of sp³-hybridized carbons (Fsp3) is 0.176. The maximum atomic E-state index is 12.0. The number of carbonyl (C=O) groups excluding carboxylic acids is 2. The summed E-state index contributed by atoms with van der Waals surface area (Å²) in [7, 11) is 1.68. The molecule has 2 aromatic carbocycles. The fourth-order valence-corrected chi connectivity index (χ4v) is 2.45. The van der Waals surface area contributed by atoms with Gasteiger partial charge in [-0.3, -0.25) is 9.59 Å². The van der Waals surface area contributed by atoms with Crippen molar-refractivity contribution in [3.05, 3.63) is 47.5 Å². The number of carbonyl (C=O) groups is 2. The summed E-state index contributed by atoms with van der Waals surface area (Å²) in [6, 6.07) is 12.0. The van der Waals surface area contributed by atoms with Crippen LogP contribution in [0.1, 0.15) is 0 Å². The Balaban J connectivity index is 1.63. The normalized spacial score (nSPS) is 13.1. The molecule has 0 spiro atoms. The SMILES string of the molecule is CN1C(=O)COc2cc(NC(=O)COc3ccccc3Cl)ccc21. The molecule has 24 heavy (non-hydrogen) atoms. The number of benzene rings is 2. The van der Waals surface area contributed by atoms with Crippen molar-refractivity contribution in [1.29, 1.82) is 0 Å². The number of nitrogens with one attached hydrogen (secondary N) is 1. The molecule has 1 aliphatic rings. The number of rotatable bonds is 4. The third-order valence-corrected chi connectivity index (χ3v) is 3.84. The standard InChI is InChI=1S/C17H15ClN2O4/c1-20-13-7-6-11(8-15(13)24-10-17(20)22)19-16(21)9-23-14-5-3-2-4-12(14)18/h2-8H,9-10H2,1H3,(H,19,21). The van der Waals surface area contributed by atoms with Crippen molar-refractivity contribution >= 4 is 34.8 Å². The molecule has 0 bridgehead atoms. The van der Waals surface area contributed by atoms with Crippen molar-refractivity contribution in [3.8, 4) is 11.5 Å². The number of hydrogen-bond donors (Lipinski definition) is 1. The van der Waals surface area contributed by atoms with Gasteiger partial charge >= 0.3 is 0 Å². The van der Waals surface area contributed by atoms with E-state index in [-0.39, 0.29) is 25.0 Å². The maximum absolute atomic E-state index is 12.0. The third kappa shape index (κ3) is 3.44. The van der Waals surface area contributed by atoms with Crippen molar-refractivity contribution in [1.82, 2.24) is 0 Å². The number of ether oxygens (including phenoxy) is 2. The lowest BCUT2D eigenvalue weighted by Gasteiger charge is -2.26. The van der Waals surface area contributed by atoms with Gasteiger partial charge in [-0.25, -0.2) is 0 Å². The smallest absolute Gasteiger partial charge is 0.264 e. The number of hydrogen-bond acceptors (Lipinski definition) is 4. The van der Waals surface area contributed by atoms with E-state index in [1.165, 1.54) is 4.90 Å². The monoisotopic (exact) mass is 346 g/mol. The Bertz CT molecular complexity index is 794. The minimum atomic E-state index is -0.324. The molecule has 0 unspecified atom stereocenters. The first-order valence-corrected chi connectivity index (χ1v) is 7.63. The van der Waals surface area contributed by atoms with Crippen LogP contribution >= 0.6 is 11.6 Å². The van der Waals surface area contributed by atoms with Crippen LogP contribution in [0, 0.1) is 0 Å². The first kappa shape index (κ1) is 16.1. The van der Waals surface area contributed by atoms with Crippen LogP contribution in [-0.2, 0) is 9.59 Å². The molecule has 0 aliphatic carbocycles. The summed E-state index contributed by atoms with van der Waals surface area (Å²) in [5.74, 6) is 0.549. The lowest BCUT2D eigenvalue weighted by molar-refractivity contribution is -0.121. The zero-order valence-electron chi connectivity index (χ0n) is 12.9. The molecule has 1 N–H and O–H groups in total. The van der Waals surface area contributed by atoms with E-state index in [1.807, 2.05) is 0 Å². The van der Waals surface area contributed by atoms with Crippen LogP contribution < -0.4 is 19.7 Å². The molecule has 1 heterocycles. The molecular formula is C17H15ClN2O4. The van der Waals surface area contributed by atoms with Gasteiger partial charge in [0.05, 0.1) is 10.7 Å². The highest BCUT2D eigenvalue weighted by Crippen LogP contribution is 2.33. The van der Waals surface area contributed by atoms with Crippen molar-refractivity contribution in [3.63, 3.8) is 0 Å². The van der Waals surface area contributed by atoms with E-state index in [4.69, 9.17) is 21.1 Å². The van der Waals surface area contributed by atoms with Crippen molar-refractivity contribution in [2.75, 3.05) is 30.5 Å². The maximum Gasteiger partial charge on any atom is 0.264 e. The number of nitrogens with zero attached hydrogens (tertiary/aromatic N) is 1. The zero-order chi connectivity index (χ0) is 17.1. The average Bonchev–Trinajstić information content (AvgIpc) is 2.57. The van der Waals surface area contributed by atoms with E-state index in [9.17, 15) is 9.59 Å². The number of anilines is 2. The van der Waals surface area contributed by atoms with Crippen LogP contribution in [0.3, 0.4) is 0 Å². The Hall–Kier alpha value is -2.73. The highest BCUT2D eigenvalue weighted by molar-refractivity contribution is 6.32. The van der Waals surface area contributed by atoms with Gasteiger partial charge in [0.15, 0.2) is 13.2 Å². The predicted molar refractivity (Wildman–Crippen MR) is 90.9 cm³/mol. The Morgan fingerprint density at radius 3 is 2.92 bits per heavy atom. The number of fused-ring (bicyclic) bond motifs is 1. The van der Waals surface area contributed by atoms with Gasteiger partial charge in [0.1, 0.15) is 11.5 Å². The van der Waals surface area contributed by atoms with Crippen molar-refractivity contribution < 1.29 is 19.1 Å². The van der Waals surface area contributed by atoms with Crippen molar-refractivity contribution in [2.45, 2.75) is 0 Å². The van der Waals surface area contributed by atoms with Gasteiger partial charge in [0.25, 0.3) is 11.8 Å². The summed E-state index contributed by atoms with van der Waals surface area (Å²) in [6.07, 6.45) is 0. The summed E-state index contributed by atoms with van der Waals surface area (Å²) < 4.78 is 10.8. The number of likely N-dealkylation sites (N-methyl/N-ethyl adjacent to an activating group) is 1. The Morgan fingerprint density at radius 1 is 1.33 bits per heavy atom. The second-order valence-electron chi connectivity index (χ2n) is 5.19. The van der Waals surface area contributed by atoms with E-state index >= 15 is 0 Å². The molecule has 0 aromatic heterocycles. The lowest BCUT2D eigenvalue weighted by atomic mass is 10.2. The van der Waals surface area contributed by atoms with Gasteiger partial charge in [0, 0.05) is 18.8 Å². The van der Waals surface area contributed by atoms with Gasteiger partial charge in [-0.2, -0.15) is 0 Å². The number of halogens is 1. The second-order valence-corrected chi connectivity index (χ2v) is 5.60. The largest absolute Gasteiger partial charge is 0.482 e. The zero-order valence-corrected chi connectivity index (χ0v) is 13.7. The van der Waals surface area contributed by atoms with Crippen LogP contribution in [0.25, 0.3) is 0 Å². The fourth-order valence-electron chi connectivity index (χ4n) is 2.26. The van der Waals surface area contributed by atoms with Gasteiger partial charge in [-0.1, -0.05) is 23.7 Å². The van der Waals surface area contributed by atoms with Crippen LogP contribution in [-0.4, -0.2) is 32.1 Å². The minimum Gasteiger partial charge on any atom is -0.482 e. The van der Waals surface area contributed by atoms with Crippen LogP contribution in [0.15, 0.2) is 42.5 Å². The molecule has 0 saturated heterocycles. The first-order chi connectivity index (χ1) is 11.5. The van der Waals surface area contributed by atoms with Crippen LogP contribution in [0.2, 0.25) is 5.02 Å². The topological polar surface area (TPSA) is 67.9 Å². The van der Waals surface area contributed by atoms with Gasteiger partial charge in [-0.15, -0.1) is 0 Å². The molecule has 3 rings (SSSR count). The Morgan fingerprint density at radius 2 is 2.12 bits per heavy atom. The average molecular weight is 347 g/mol. The second kappa shape index (κ2) is 6.80. The summed E-state index contributed by atoms with van der Waals surface area (Å²) in [6.45, 7) is -0.184. The minimum absolute atomic E-state index is 0.0173. The molecule has 6 nitrogen and oxygen atoms in total. The van der Waals surface area contributed by atoms with E-state index in [1.54, 1.807) is 49.5 Å². The molecule has 0 atom stereocenters. The van der Waals surface area contributed by atoms with Gasteiger partial charge in [0.2, 0.25) is 0 Å². The molecule has 124 valence electrons. The van der Waals surface area contributed by atoms with E-state index in [0.29, 0.717) is 27.9 Å². The summed E-state index contributed by atoms with van der Waals surface area (Å²) in [4.78, 5) is 25.1. The highest BCUT2D eigenvalue weighted by Gasteiger charge is 2.22. The Kier molecular flexibility index (Phi) is 4.57. The lowest BCUT2D eigenvalue weighted by Crippen LogP contribution is -2.35. The molecule has 0 fully saturated rings. The molecule has 2 aromatic rings. The van der Waals surface area contributed by atoms with Gasteiger partial charge < -0.3 is 19.7 Å². The van der Waals surface area contributed by atoms with E-state index in [0.717, 1.165) is 0 Å². The summed E-state index contributed by atoms with van der Waals surface area (Å²) in [5.41, 5.74) is 1.22. The van der Waals surface area contributed by atoms with E-state index < -0.39 is 0 Å². The van der Waals surface area contributed by atoms with E-state index in [2.05, 4.69) is 5.32 Å². The molecular weight excluding hydrogens is 332 g/mol. The number of para-hydroxylation sites is 1.